The summed E-state index contributed by atoms with van der Waals surface area (Å²) < 4.78 is 0. The number of hydrogen-bond donors (Lipinski definition) is 3. The number of nitrogens with two attached hydrogens (primary N) is 1. The number of likely N-dealkylation sites (N-methyl/N-ethyl adjacent to an activating group) is 1. The molecule has 19 heavy (non-hydrogen) atoms. The largest absolute Gasteiger partial charge is 0.351 e. The van der Waals surface area contributed by atoms with E-state index < -0.39 is 6.03 Å². The lowest BCUT2D eigenvalue weighted by molar-refractivity contribution is 0.259. The quantitative estimate of drug-likeness (QED) is 0.703. The van der Waals surface area contributed by atoms with Crippen molar-refractivity contribution < 1.29 is 4.79 Å². The molecule has 0 aliphatic rings. The molecule has 0 aromatic heterocycles. The molecule has 1 aromatic carbocycles. The third-order valence-electron chi connectivity index (χ3n) is 3.16. The Morgan fingerprint density at radius 1 is 1.37 bits per heavy atom. The smallest absolute Gasteiger partial charge is 0.316 e. The van der Waals surface area contributed by atoms with Crippen LogP contribution in [0, 0.1) is 0 Å². The van der Waals surface area contributed by atoms with E-state index in [0.29, 0.717) is 5.69 Å². The molecular weight excluding hydrogens is 240 g/mol. The number of amides is 2. The number of hydrogen-bond acceptors (Lipinski definition) is 3. The summed E-state index contributed by atoms with van der Waals surface area (Å²) in [4.78, 5) is 13.0. The summed E-state index contributed by atoms with van der Waals surface area (Å²) in [5.74, 6) is 0. The predicted octanol–water partition coefficient (Wildman–Crippen LogP) is 1.78. The van der Waals surface area contributed by atoms with Gasteiger partial charge in [-0.15, -0.1) is 0 Å². The topological polar surface area (TPSA) is 70.4 Å². The van der Waals surface area contributed by atoms with Gasteiger partial charge >= 0.3 is 6.03 Å². The van der Waals surface area contributed by atoms with Crippen LogP contribution in [0.15, 0.2) is 24.3 Å². The lowest BCUT2D eigenvalue weighted by Gasteiger charge is -2.18. The van der Waals surface area contributed by atoms with Gasteiger partial charge < -0.3 is 21.3 Å². The van der Waals surface area contributed by atoms with Crippen LogP contribution in [0.25, 0.3) is 0 Å². The Morgan fingerprint density at radius 2 is 2.00 bits per heavy atom. The fourth-order valence-electron chi connectivity index (χ4n) is 1.75. The summed E-state index contributed by atoms with van der Waals surface area (Å²) in [7, 11) is 2.11. The van der Waals surface area contributed by atoms with E-state index >= 15 is 0 Å². The van der Waals surface area contributed by atoms with E-state index in [1.165, 1.54) is 5.56 Å². The Bertz CT molecular complexity index is 391. The minimum Gasteiger partial charge on any atom is -0.351 e. The zero-order chi connectivity index (χ0) is 14.3. The zero-order valence-corrected chi connectivity index (χ0v) is 11.9. The van der Waals surface area contributed by atoms with Gasteiger partial charge in [0.15, 0.2) is 0 Å². The highest BCUT2D eigenvalue weighted by Gasteiger charge is 2.05. The van der Waals surface area contributed by atoms with Gasteiger partial charge in [0.25, 0.3) is 0 Å². The molecule has 0 aliphatic carbocycles. The summed E-state index contributed by atoms with van der Waals surface area (Å²) in [6.07, 6.45) is 0. The molecule has 2 amide bonds. The molecule has 106 valence electrons. The molecule has 0 bridgehead atoms. The molecule has 4 N–H and O–H groups in total. The molecule has 1 rings (SSSR count). The van der Waals surface area contributed by atoms with Crippen molar-refractivity contribution in [1.29, 1.82) is 0 Å². The molecule has 0 fully saturated rings. The fraction of sp³-hybridized carbons (Fsp3) is 0.500. The number of carbonyl (C=O) groups is 1. The number of primary amides is 1. The van der Waals surface area contributed by atoms with Gasteiger partial charge in [0.2, 0.25) is 0 Å². The summed E-state index contributed by atoms with van der Waals surface area (Å²) in [5.41, 5.74) is 6.97. The second kappa shape index (κ2) is 7.76. The van der Waals surface area contributed by atoms with Crippen LogP contribution in [-0.4, -0.2) is 37.6 Å². The minimum absolute atomic E-state index is 0.285. The van der Waals surface area contributed by atoms with Gasteiger partial charge in [-0.1, -0.05) is 19.1 Å². The van der Waals surface area contributed by atoms with Gasteiger partial charge in [-0.25, -0.2) is 4.79 Å². The molecule has 5 heteroatoms. The Hall–Kier alpha value is -1.59. The highest BCUT2D eigenvalue weighted by Crippen LogP contribution is 2.15. The maximum atomic E-state index is 10.7. The molecule has 5 nitrogen and oxygen atoms in total. The van der Waals surface area contributed by atoms with Gasteiger partial charge in [-0.05, 0) is 38.2 Å². The van der Waals surface area contributed by atoms with Crippen molar-refractivity contribution in [1.82, 2.24) is 10.2 Å². The highest BCUT2D eigenvalue weighted by molar-refractivity contribution is 5.87. The first-order chi connectivity index (χ1) is 9.02. The zero-order valence-electron chi connectivity index (χ0n) is 11.9. The molecule has 0 aliphatic heterocycles. The van der Waals surface area contributed by atoms with Crippen LogP contribution in [0.3, 0.4) is 0 Å². The van der Waals surface area contributed by atoms with Gasteiger partial charge in [-0.3, -0.25) is 0 Å². The number of carbonyl (C=O) groups excluding carboxylic acids is 1. The molecule has 1 aromatic rings. The fourth-order valence-corrected chi connectivity index (χ4v) is 1.75. The van der Waals surface area contributed by atoms with Crippen LogP contribution in [0.1, 0.15) is 25.5 Å². The molecule has 0 radical (unpaired) electrons. The number of urea groups is 1. The van der Waals surface area contributed by atoms with Crippen molar-refractivity contribution in [2.75, 3.05) is 32.0 Å². The Balaban J connectivity index is 2.44. The normalized spacial score (nSPS) is 12.4. The Morgan fingerprint density at radius 3 is 2.53 bits per heavy atom. The van der Waals surface area contributed by atoms with Crippen molar-refractivity contribution in [3.63, 3.8) is 0 Å². The summed E-state index contributed by atoms with van der Waals surface area (Å²) in [6.45, 7) is 7.31. The van der Waals surface area contributed by atoms with Gasteiger partial charge in [0.05, 0.1) is 0 Å². The first-order valence-electron chi connectivity index (χ1n) is 6.61. The molecule has 0 spiro atoms. The lowest BCUT2D eigenvalue weighted by atomic mass is 10.1. The van der Waals surface area contributed by atoms with Crippen molar-refractivity contribution in [3.8, 4) is 0 Å². The van der Waals surface area contributed by atoms with E-state index in [4.69, 9.17) is 5.73 Å². The highest BCUT2D eigenvalue weighted by atomic mass is 16.2. The minimum atomic E-state index is -0.540. The van der Waals surface area contributed by atoms with Crippen molar-refractivity contribution >= 4 is 11.7 Å². The summed E-state index contributed by atoms with van der Waals surface area (Å²) >= 11 is 0. The van der Waals surface area contributed by atoms with Crippen molar-refractivity contribution in [2.45, 2.75) is 19.9 Å². The van der Waals surface area contributed by atoms with Crippen LogP contribution in [0.5, 0.6) is 0 Å². The average Bonchev–Trinajstić information content (AvgIpc) is 2.38. The number of nitrogens with zero attached hydrogens (tertiary/aromatic N) is 1. The lowest BCUT2D eigenvalue weighted by Crippen LogP contribution is -2.30. The number of nitrogens with one attached hydrogen (secondary N) is 2. The molecule has 1 unspecified atom stereocenters. The van der Waals surface area contributed by atoms with E-state index in [2.05, 4.69) is 36.4 Å². The Labute approximate surface area is 115 Å². The second-order valence-corrected chi connectivity index (χ2v) is 4.68. The standard InChI is InChI=1S/C14H24N4O/c1-4-18(3)10-9-16-11(2)12-5-7-13(8-6-12)17-14(15)19/h5-8,11,16H,4,9-10H2,1-3H3,(H3,15,17,19). The molecule has 0 saturated heterocycles. The second-order valence-electron chi connectivity index (χ2n) is 4.68. The molecule has 1 atom stereocenters. The first kappa shape index (κ1) is 15.5. The molecule has 0 saturated carbocycles. The van der Waals surface area contributed by atoms with Crippen LogP contribution in [0.4, 0.5) is 10.5 Å². The monoisotopic (exact) mass is 264 g/mol. The van der Waals surface area contributed by atoms with Gasteiger partial charge in [-0.2, -0.15) is 0 Å². The maximum Gasteiger partial charge on any atom is 0.316 e. The summed E-state index contributed by atoms with van der Waals surface area (Å²) in [6, 6.07) is 7.45. The van der Waals surface area contributed by atoms with Gasteiger partial charge in [0, 0.05) is 24.8 Å². The van der Waals surface area contributed by atoms with Crippen LogP contribution < -0.4 is 16.4 Å². The first-order valence-corrected chi connectivity index (χ1v) is 6.61. The molecule has 0 heterocycles. The van der Waals surface area contributed by atoms with E-state index in [1.807, 2.05) is 24.3 Å². The maximum absolute atomic E-state index is 10.7. The van der Waals surface area contributed by atoms with E-state index in [1.54, 1.807) is 0 Å². The van der Waals surface area contributed by atoms with Crippen molar-refractivity contribution in [2.24, 2.45) is 5.73 Å². The average molecular weight is 264 g/mol. The van der Waals surface area contributed by atoms with E-state index in [-0.39, 0.29) is 6.04 Å². The predicted molar refractivity (Wildman–Crippen MR) is 79.2 cm³/mol. The third kappa shape index (κ3) is 5.72. The summed E-state index contributed by atoms with van der Waals surface area (Å²) in [5, 5.41) is 6.02. The van der Waals surface area contributed by atoms with E-state index in [0.717, 1.165) is 19.6 Å². The Kier molecular flexibility index (Phi) is 6.32. The number of anilines is 1. The van der Waals surface area contributed by atoms with Crippen LogP contribution in [-0.2, 0) is 0 Å². The number of rotatable bonds is 7. The van der Waals surface area contributed by atoms with Gasteiger partial charge in [0.1, 0.15) is 0 Å². The van der Waals surface area contributed by atoms with Crippen molar-refractivity contribution in [3.05, 3.63) is 29.8 Å². The SMILES string of the molecule is CCN(C)CCNC(C)c1ccc(NC(N)=O)cc1. The van der Waals surface area contributed by atoms with Crippen LogP contribution in [0.2, 0.25) is 0 Å². The third-order valence-corrected chi connectivity index (χ3v) is 3.16. The molecular formula is C14H24N4O. The van der Waals surface area contributed by atoms with Crippen LogP contribution >= 0.6 is 0 Å². The number of benzene rings is 1. The van der Waals surface area contributed by atoms with E-state index in [9.17, 15) is 4.79 Å².